The zero-order valence-electron chi connectivity index (χ0n) is 15.2. The number of unbranched alkanes of at least 4 members (excludes halogenated alkanes) is 1. The fourth-order valence-corrected chi connectivity index (χ4v) is 4.54. The molecular formula is C20H27ClN2O3. The second-order valence-corrected chi connectivity index (χ2v) is 8.19. The van der Waals surface area contributed by atoms with Gasteiger partial charge in [-0.1, -0.05) is 37.4 Å². The molecule has 3 unspecified atom stereocenters. The molecule has 2 aliphatic rings. The summed E-state index contributed by atoms with van der Waals surface area (Å²) >= 11 is 6.05. The maximum Gasteiger partial charge on any atom is 0.325 e. The van der Waals surface area contributed by atoms with Crippen LogP contribution in [-0.2, 0) is 22.4 Å². The van der Waals surface area contributed by atoms with Crippen molar-refractivity contribution in [3.05, 3.63) is 34.3 Å². The number of benzene rings is 1. The minimum atomic E-state index is -1.33. The van der Waals surface area contributed by atoms with Crippen LogP contribution in [0.25, 0.3) is 0 Å². The Bertz CT molecular complexity index is 708. The topological polar surface area (TPSA) is 83.6 Å². The summed E-state index contributed by atoms with van der Waals surface area (Å²) in [5.41, 5.74) is 7.28. The second kappa shape index (κ2) is 7.57. The molecule has 1 amide bonds. The lowest BCUT2D eigenvalue weighted by Gasteiger charge is -2.28. The third-order valence-electron chi connectivity index (χ3n) is 5.98. The Morgan fingerprint density at radius 3 is 2.85 bits per heavy atom. The summed E-state index contributed by atoms with van der Waals surface area (Å²) in [7, 11) is 0. The number of nitrogens with two attached hydrogens (primary N) is 1. The standard InChI is InChI=1S/C20H27ClN2O3/c1-2-3-4-16-11-23(12-20(16,22)19(25)26)18(24)15-6-5-14-10-17(21)8-7-13(14)9-15/h7-8,10,15-16H,2-6,9,11-12,22H2,1H3,(H,25,26). The summed E-state index contributed by atoms with van der Waals surface area (Å²) in [6.45, 7) is 2.63. The number of carboxylic acid groups (broad SMARTS) is 1. The minimum absolute atomic E-state index is 0.0423. The van der Waals surface area contributed by atoms with Gasteiger partial charge in [-0.3, -0.25) is 9.59 Å². The minimum Gasteiger partial charge on any atom is -0.480 e. The summed E-state index contributed by atoms with van der Waals surface area (Å²) < 4.78 is 0. The molecule has 1 aromatic rings. The van der Waals surface area contributed by atoms with Crippen LogP contribution in [0.3, 0.4) is 0 Å². The van der Waals surface area contributed by atoms with Crippen molar-refractivity contribution in [3.8, 4) is 0 Å². The average Bonchev–Trinajstić information content (AvgIpc) is 2.97. The van der Waals surface area contributed by atoms with Crippen LogP contribution in [0.5, 0.6) is 0 Å². The third kappa shape index (κ3) is 3.60. The van der Waals surface area contributed by atoms with E-state index in [2.05, 4.69) is 6.92 Å². The van der Waals surface area contributed by atoms with Gasteiger partial charge in [-0.25, -0.2) is 0 Å². The molecule has 1 aromatic carbocycles. The van der Waals surface area contributed by atoms with Crippen molar-refractivity contribution in [1.82, 2.24) is 4.90 Å². The number of carboxylic acids is 1. The normalized spacial score (nSPS) is 28.0. The number of rotatable bonds is 5. The molecule has 1 aliphatic heterocycles. The Hall–Kier alpha value is -1.59. The molecule has 0 spiro atoms. The molecule has 0 radical (unpaired) electrons. The zero-order chi connectivity index (χ0) is 18.9. The molecule has 1 aliphatic carbocycles. The number of fused-ring (bicyclic) bond motifs is 1. The van der Waals surface area contributed by atoms with E-state index in [1.54, 1.807) is 4.90 Å². The summed E-state index contributed by atoms with van der Waals surface area (Å²) in [4.78, 5) is 26.5. The Kier molecular flexibility index (Phi) is 5.58. The molecule has 0 saturated carbocycles. The van der Waals surface area contributed by atoms with Crippen LogP contribution in [0.15, 0.2) is 18.2 Å². The van der Waals surface area contributed by atoms with E-state index in [1.807, 2.05) is 18.2 Å². The van der Waals surface area contributed by atoms with Gasteiger partial charge in [0.15, 0.2) is 0 Å². The number of halogens is 1. The molecule has 3 rings (SSSR count). The predicted molar refractivity (Wildman–Crippen MR) is 101 cm³/mol. The van der Waals surface area contributed by atoms with Gasteiger partial charge in [0.1, 0.15) is 5.54 Å². The van der Waals surface area contributed by atoms with Gasteiger partial charge in [0.25, 0.3) is 0 Å². The van der Waals surface area contributed by atoms with Crippen LogP contribution < -0.4 is 5.73 Å². The summed E-state index contributed by atoms with van der Waals surface area (Å²) in [5.74, 6) is -1.25. The van der Waals surface area contributed by atoms with Crippen molar-refractivity contribution in [2.75, 3.05) is 13.1 Å². The molecule has 6 heteroatoms. The van der Waals surface area contributed by atoms with Gasteiger partial charge in [0.2, 0.25) is 5.91 Å². The number of aliphatic carboxylic acids is 1. The molecule has 0 bridgehead atoms. The number of carbonyl (C=O) groups is 2. The molecule has 1 fully saturated rings. The zero-order valence-corrected chi connectivity index (χ0v) is 16.0. The SMILES string of the molecule is CCCCC1CN(C(=O)C2CCc3cc(Cl)ccc3C2)CC1(N)C(=O)O. The Morgan fingerprint density at radius 2 is 2.15 bits per heavy atom. The lowest BCUT2D eigenvalue weighted by molar-refractivity contribution is -0.144. The van der Waals surface area contributed by atoms with Crippen molar-refractivity contribution in [3.63, 3.8) is 0 Å². The predicted octanol–water partition coefficient (Wildman–Crippen LogP) is 2.88. The van der Waals surface area contributed by atoms with E-state index in [1.165, 1.54) is 5.56 Å². The number of amides is 1. The molecule has 142 valence electrons. The van der Waals surface area contributed by atoms with Crippen LogP contribution in [0.4, 0.5) is 0 Å². The van der Waals surface area contributed by atoms with Gasteiger partial charge in [0, 0.05) is 29.9 Å². The fraction of sp³-hybridized carbons (Fsp3) is 0.600. The van der Waals surface area contributed by atoms with Crippen molar-refractivity contribution >= 4 is 23.5 Å². The lowest BCUT2D eigenvalue weighted by Crippen LogP contribution is -2.55. The summed E-state index contributed by atoms with van der Waals surface area (Å²) in [5, 5.41) is 10.4. The van der Waals surface area contributed by atoms with Gasteiger partial charge in [-0.05, 0) is 48.9 Å². The van der Waals surface area contributed by atoms with Gasteiger partial charge >= 0.3 is 5.97 Å². The molecule has 1 heterocycles. The average molecular weight is 379 g/mol. The Morgan fingerprint density at radius 1 is 1.38 bits per heavy atom. The number of aryl methyl sites for hydroxylation is 1. The van der Waals surface area contributed by atoms with Crippen molar-refractivity contribution in [2.45, 2.75) is 51.0 Å². The van der Waals surface area contributed by atoms with Crippen molar-refractivity contribution in [1.29, 1.82) is 0 Å². The fourth-order valence-electron chi connectivity index (χ4n) is 4.34. The van der Waals surface area contributed by atoms with Crippen LogP contribution >= 0.6 is 11.6 Å². The van der Waals surface area contributed by atoms with E-state index < -0.39 is 11.5 Å². The van der Waals surface area contributed by atoms with E-state index in [0.717, 1.165) is 42.7 Å². The van der Waals surface area contributed by atoms with Gasteiger partial charge in [-0.15, -0.1) is 0 Å². The first-order valence-corrected chi connectivity index (χ1v) is 9.81. The molecule has 1 saturated heterocycles. The largest absolute Gasteiger partial charge is 0.480 e. The third-order valence-corrected chi connectivity index (χ3v) is 6.22. The molecule has 3 N–H and O–H groups in total. The quantitative estimate of drug-likeness (QED) is 0.825. The summed E-state index contributed by atoms with van der Waals surface area (Å²) in [6.07, 6.45) is 4.94. The highest BCUT2D eigenvalue weighted by atomic mass is 35.5. The van der Waals surface area contributed by atoms with Crippen molar-refractivity contribution < 1.29 is 14.7 Å². The molecule has 26 heavy (non-hydrogen) atoms. The smallest absolute Gasteiger partial charge is 0.325 e. The first-order chi connectivity index (χ1) is 12.3. The Balaban J connectivity index is 1.72. The van der Waals surface area contributed by atoms with Crippen molar-refractivity contribution in [2.24, 2.45) is 17.6 Å². The maximum atomic E-state index is 13.1. The monoisotopic (exact) mass is 378 g/mol. The van der Waals surface area contributed by atoms with Crippen LogP contribution in [-0.4, -0.2) is 40.5 Å². The number of hydrogen-bond donors (Lipinski definition) is 2. The second-order valence-electron chi connectivity index (χ2n) is 7.76. The molecule has 3 atom stereocenters. The maximum absolute atomic E-state index is 13.1. The lowest BCUT2D eigenvalue weighted by atomic mass is 9.83. The van der Waals surface area contributed by atoms with E-state index in [9.17, 15) is 14.7 Å². The number of nitrogens with zero attached hydrogens (tertiary/aromatic N) is 1. The first-order valence-electron chi connectivity index (χ1n) is 9.43. The highest BCUT2D eigenvalue weighted by Gasteiger charge is 2.51. The van der Waals surface area contributed by atoms with E-state index in [-0.39, 0.29) is 24.3 Å². The number of carbonyl (C=O) groups excluding carboxylic acids is 1. The van der Waals surface area contributed by atoms with Crippen LogP contribution in [0.2, 0.25) is 5.02 Å². The summed E-state index contributed by atoms with van der Waals surface area (Å²) in [6, 6.07) is 5.83. The molecule has 0 aromatic heterocycles. The van der Waals surface area contributed by atoms with Gasteiger partial charge in [0.05, 0.1) is 0 Å². The number of hydrogen-bond acceptors (Lipinski definition) is 3. The molecular weight excluding hydrogens is 352 g/mol. The number of likely N-dealkylation sites (tertiary alicyclic amines) is 1. The Labute approximate surface area is 159 Å². The van der Waals surface area contributed by atoms with Crippen LogP contribution in [0.1, 0.15) is 43.7 Å². The van der Waals surface area contributed by atoms with Gasteiger partial charge < -0.3 is 15.7 Å². The van der Waals surface area contributed by atoms with E-state index in [0.29, 0.717) is 13.0 Å². The van der Waals surface area contributed by atoms with Gasteiger partial charge in [-0.2, -0.15) is 0 Å². The highest BCUT2D eigenvalue weighted by Crippen LogP contribution is 2.34. The van der Waals surface area contributed by atoms with Crippen LogP contribution in [0, 0.1) is 11.8 Å². The molecule has 5 nitrogen and oxygen atoms in total. The highest BCUT2D eigenvalue weighted by molar-refractivity contribution is 6.30. The first kappa shape index (κ1) is 19.2. The van der Waals surface area contributed by atoms with E-state index in [4.69, 9.17) is 17.3 Å². The van der Waals surface area contributed by atoms with E-state index >= 15 is 0 Å².